The highest BCUT2D eigenvalue weighted by molar-refractivity contribution is 9.10. The van der Waals surface area contributed by atoms with E-state index in [9.17, 15) is 4.79 Å². The number of fused-ring (bicyclic) bond motifs is 1. The first kappa shape index (κ1) is 11.1. The third-order valence-corrected chi connectivity index (χ3v) is 4.35. The SMILES string of the molecule is O=C(O)N1C[C@H]2CC(n3cc(Br)cn3)C[C@H]2C1. The maximum absolute atomic E-state index is 10.9. The molecular weight excluding hydrogens is 286 g/mol. The highest BCUT2D eigenvalue weighted by Gasteiger charge is 2.43. The molecule has 5 nitrogen and oxygen atoms in total. The van der Waals surface area contributed by atoms with Gasteiger partial charge in [0.15, 0.2) is 0 Å². The van der Waals surface area contributed by atoms with E-state index in [1.165, 1.54) is 0 Å². The van der Waals surface area contributed by atoms with E-state index in [2.05, 4.69) is 21.0 Å². The van der Waals surface area contributed by atoms with Gasteiger partial charge in [-0.25, -0.2) is 4.79 Å². The van der Waals surface area contributed by atoms with Gasteiger partial charge in [-0.15, -0.1) is 0 Å². The second-order valence-electron chi connectivity index (χ2n) is 4.97. The van der Waals surface area contributed by atoms with Crippen molar-refractivity contribution in [2.45, 2.75) is 18.9 Å². The fourth-order valence-corrected chi connectivity index (χ4v) is 3.46. The van der Waals surface area contributed by atoms with Gasteiger partial charge in [-0.2, -0.15) is 5.10 Å². The van der Waals surface area contributed by atoms with E-state index < -0.39 is 6.09 Å². The molecule has 6 heteroatoms. The molecule has 0 spiro atoms. The quantitative estimate of drug-likeness (QED) is 0.865. The highest BCUT2D eigenvalue weighted by Crippen LogP contribution is 2.43. The lowest BCUT2D eigenvalue weighted by Crippen LogP contribution is -2.28. The summed E-state index contributed by atoms with van der Waals surface area (Å²) in [6.45, 7) is 1.39. The Morgan fingerprint density at radius 3 is 2.53 bits per heavy atom. The number of likely N-dealkylation sites (tertiary alicyclic amines) is 1. The molecule has 3 rings (SSSR count). The molecule has 2 aliphatic rings. The van der Waals surface area contributed by atoms with Crippen molar-refractivity contribution in [1.82, 2.24) is 14.7 Å². The minimum atomic E-state index is -0.780. The second-order valence-corrected chi connectivity index (χ2v) is 5.89. The number of carbonyl (C=O) groups is 1. The lowest BCUT2D eigenvalue weighted by Gasteiger charge is -2.16. The van der Waals surface area contributed by atoms with Crippen LogP contribution in [0.2, 0.25) is 0 Å². The average Bonchev–Trinajstić information content (AvgIpc) is 2.88. The molecule has 0 aromatic carbocycles. The number of nitrogens with zero attached hydrogens (tertiary/aromatic N) is 3. The van der Waals surface area contributed by atoms with Crippen LogP contribution in [0.1, 0.15) is 18.9 Å². The molecule has 1 amide bonds. The van der Waals surface area contributed by atoms with Gasteiger partial charge in [0.25, 0.3) is 0 Å². The predicted octanol–water partition coefficient (Wildman–Crippen LogP) is 2.21. The van der Waals surface area contributed by atoms with Gasteiger partial charge in [-0.1, -0.05) is 0 Å². The van der Waals surface area contributed by atoms with Crippen LogP contribution in [0.15, 0.2) is 16.9 Å². The van der Waals surface area contributed by atoms with Crippen LogP contribution in [-0.2, 0) is 0 Å². The highest BCUT2D eigenvalue weighted by atomic mass is 79.9. The lowest BCUT2D eigenvalue weighted by molar-refractivity contribution is 0.151. The van der Waals surface area contributed by atoms with Gasteiger partial charge >= 0.3 is 6.09 Å². The average molecular weight is 300 g/mol. The zero-order valence-electron chi connectivity index (χ0n) is 9.29. The lowest BCUT2D eigenvalue weighted by atomic mass is 10.0. The van der Waals surface area contributed by atoms with Crippen LogP contribution in [0.4, 0.5) is 4.79 Å². The van der Waals surface area contributed by atoms with Gasteiger partial charge in [0, 0.05) is 19.3 Å². The molecular formula is C11H14BrN3O2. The van der Waals surface area contributed by atoms with Crippen LogP contribution in [0.5, 0.6) is 0 Å². The number of carboxylic acid groups (broad SMARTS) is 1. The molecule has 1 aromatic rings. The molecule has 0 radical (unpaired) electrons. The minimum Gasteiger partial charge on any atom is -0.465 e. The van der Waals surface area contributed by atoms with Crippen molar-refractivity contribution >= 4 is 22.0 Å². The van der Waals surface area contributed by atoms with E-state index in [0.717, 1.165) is 17.3 Å². The minimum absolute atomic E-state index is 0.437. The van der Waals surface area contributed by atoms with E-state index in [4.69, 9.17) is 5.11 Å². The van der Waals surface area contributed by atoms with Crippen molar-refractivity contribution in [3.05, 3.63) is 16.9 Å². The Labute approximate surface area is 108 Å². The molecule has 1 aliphatic heterocycles. The predicted molar refractivity (Wildman–Crippen MR) is 64.8 cm³/mol. The van der Waals surface area contributed by atoms with Gasteiger partial charge in [-0.05, 0) is 40.6 Å². The Balaban J connectivity index is 1.68. The Hall–Kier alpha value is -1.04. The van der Waals surface area contributed by atoms with Crippen molar-refractivity contribution in [2.24, 2.45) is 11.8 Å². The molecule has 1 aromatic heterocycles. The van der Waals surface area contributed by atoms with Crippen molar-refractivity contribution in [1.29, 1.82) is 0 Å². The van der Waals surface area contributed by atoms with Gasteiger partial charge in [0.2, 0.25) is 0 Å². The van der Waals surface area contributed by atoms with Crippen LogP contribution >= 0.6 is 15.9 Å². The first-order valence-corrected chi connectivity index (χ1v) is 6.60. The summed E-state index contributed by atoms with van der Waals surface area (Å²) in [6.07, 6.45) is 5.11. The standard InChI is InChI=1S/C11H14BrN3O2/c12-9-3-13-15(6-9)10-1-7-4-14(11(16)17)5-8(7)2-10/h3,6-8,10H,1-2,4-5H2,(H,16,17)/t7-,8+,10?. The molecule has 92 valence electrons. The third-order valence-electron chi connectivity index (χ3n) is 3.94. The van der Waals surface area contributed by atoms with Crippen LogP contribution in [0.3, 0.4) is 0 Å². The van der Waals surface area contributed by atoms with E-state index in [0.29, 0.717) is 31.0 Å². The molecule has 1 saturated carbocycles. The van der Waals surface area contributed by atoms with Crippen LogP contribution in [-0.4, -0.2) is 39.0 Å². The number of halogens is 1. The summed E-state index contributed by atoms with van der Waals surface area (Å²) >= 11 is 3.40. The summed E-state index contributed by atoms with van der Waals surface area (Å²) in [6, 6.07) is 0.437. The maximum atomic E-state index is 10.9. The zero-order chi connectivity index (χ0) is 12.0. The number of amides is 1. The summed E-state index contributed by atoms with van der Waals surface area (Å²) in [5.74, 6) is 1.03. The van der Waals surface area contributed by atoms with Crippen LogP contribution in [0, 0.1) is 11.8 Å². The molecule has 0 bridgehead atoms. The van der Waals surface area contributed by atoms with Gasteiger partial charge in [-0.3, -0.25) is 4.68 Å². The summed E-state index contributed by atoms with van der Waals surface area (Å²) < 4.78 is 3.01. The van der Waals surface area contributed by atoms with E-state index >= 15 is 0 Å². The van der Waals surface area contributed by atoms with Gasteiger partial charge in [0.05, 0.1) is 16.7 Å². The molecule has 17 heavy (non-hydrogen) atoms. The Morgan fingerprint density at radius 2 is 2.06 bits per heavy atom. The number of rotatable bonds is 1. The Morgan fingerprint density at radius 1 is 1.41 bits per heavy atom. The molecule has 1 N–H and O–H groups in total. The summed E-state index contributed by atoms with van der Waals surface area (Å²) in [4.78, 5) is 12.4. The van der Waals surface area contributed by atoms with Crippen LogP contribution < -0.4 is 0 Å². The van der Waals surface area contributed by atoms with Gasteiger partial charge < -0.3 is 10.0 Å². The molecule has 1 aliphatic carbocycles. The van der Waals surface area contributed by atoms with Crippen molar-refractivity contribution in [3.63, 3.8) is 0 Å². The first-order chi connectivity index (χ1) is 8.13. The normalized spacial score (nSPS) is 31.8. The van der Waals surface area contributed by atoms with Crippen LogP contribution in [0.25, 0.3) is 0 Å². The smallest absolute Gasteiger partial charge is 0.407 e. The van der Waals surface area contributed by atoms with E-state index in [1.807, 2.05) is 10.9 Å². The van der Waals surface area contributed by atoms with E-state index in [1.54, 1.807) is 11.1 Å². The topological polar surface area (TPSA) is 58.4 Å². The van der Waals surface area contributed by atoms with Crippen molar-refractivity contribution in [2.75, 3.05) is 13.1 Å². The van der Waals surface area contributed by atoms with Gasteiger partial charge in [0.1, 0.15) is 0 Å². The monoisotopic (exact) mass is 299 g/mol. The fourth-order valence-electron chi connectivity index (χ4n) is 3.15. The summed E-state index contributed by atoms with van der Waals surface area (Å²) in [5.41, 5.74) is 0. The molecule has 2 heterocycles. The Kier molecular flexibility index (Phi) is 2.61. The largest absolute Gasteiger partial charge is 0.465 e. The Bertz CT molecular complexity index is 434. The second kappa shape index (κ2) is 4.01. The van der Waals surface area contributed by atoms with E-state index in [-0.39, 0.29) is 0 Å². The molecule has 1 unspecified atom stereocenters. The van der Waals surface area contributed by atoms with Crippen molar-refractivity contribution < 1.29 is 9.90 Å². The maximum Gasteiger partial charge on any atom is 0.407 e. The first-order valence-electron chi connectivity index (χ1n) is 5.81. The van der Waals surface area contributed by atoms with Crippen molar-refractivity contribution in [3.8, 4) is 0 Å². The molecule has 1 saturated heterocycles. The molecule has 3 atom stereocenters. The molecule has 2 fully saturated rings. The zero-order valence-corrected chi connectivity index (χ0v) is 10.9. The fraction of sp³-hybridized carbons (Fsp3) is 0.636. The third kappa shape index (κ3) is 1.94. The number of hydrogen-bond acceptors (Lipinski definition) is 2. The summed E-state index contributed by atoms with van der Waals surface area (Å²) in [7, 11) is 0. The summed E-state index contributed by atoms with van der Waals surface area (Å²) in [5, 5.41) is 13.3. The number of hydrogen-bond donors (Lipinski definition) is 1. The number of aromatic nitrogens is 2.